The topological polar surface area (TPSA) is 62.5 Å². The largest absolute Gasteiger partial charge is 0.411 e. The molecule has 1 aromatic carbocycles. The van der Waals surface area contributed by atoms with Crippen LogP contribution in [0.25, 0.3) is 11.5 Å². The van der Waals surface area contributed by atoms with Crippen LogP contribution in [0.1, 0.15) is 13.8 Å². The summed E-state index contributed by atoms with van der Waals surface area (Å²) < 4.78 is 5.63. The third-order valence-corrected chi connectivity index (χ3v) is 5.22. The molecule has 1 aliphatic rings. The molecule has 0 N–H and O–H groups in total. The highest BCUT2D eigenvalue weighted by atomic mass is 35.5. The third-order valence-electron chi connectivity index (χ3n) is 4.17. The van der Waals surface area contributed by atoms with E-state index in [4.69, 9.17) is 16.0 Å². The van der Waals surface area contributed by atoms with Gasteiger partial charge in [-0.15, -0.1) is 10.2 Å². The van der Waals surface area contributed by atoms with Crippen molar-refractivity contribution in [1.82, 2.24) is 20.0 Å². The van der Waals surface area contributed by atoms with E-state index in [1.165, 1.54) is 11.8 Å². The standard InChI is InChI=1S/C18H23ClN4O2S/c1-13(2)11-22-7-9-23(10-8-22)16(24)12-26-18-21-20-17(25-18)14-3-5-15(19)6-4-14/h3-6,13H,7-12H2,1-2H3. The van der Waals surface area contributed by atoms with Gasteiger partial charge in [0.15, 0.2) is 0 Å². The second-order valence-corrected chi connectivity index (χ2v) is 8.11. The van der Waals surface area contributed by atoms with Crippen LogP contribution in [0.4, 0.5) is 0 Å². The molecule has 2 aromatic rings. The number of thioether (sulfide) groups is 1. The predicted octanol–water partition coefficient (Wildman–Crippen LogP) is 3.28. The van der Waals surface area contributed by atoms with Crippen LogP contribution in [0.15, 0.2) is 33.9 Å². The molecule has 1 aliphatic heterocycles. The first-order valence-electron chi connectivity index (χ1n) is 8.73. The van der Waals surface area contributed by atoms with Crippen LogP contribution in [0, 0.1) is 5.92 Å². The quantitative estimate of drug-likeness (QED) is 0.700. The minimum atomic E-state index is 0.116. The van der Waals surface area contributed by atoms with Crippen molar-refractivity contribution in [2.75, 3.05) is 38.5 Å². The monoisotopic (exact) mass is 394 g/mol. The minimum Gasteiger partial charge on any atom is -0.411 e. The second kappa shape index (κ2) is 8.88. The van der Waals surface area contributed by atoms with E-state index >= 15 is 0 Å². The fourth-order valence-corrected chi connectivity index (χ4v) is 3.68. The van der Waals surface area contributed by atoms with Crippen molar-refractivity contribution in [3.05, 3.63) is 29.3 Å². The van der Waals surface area contributed by atoms with Crippen LogP contribution in [-0.2, 0) is 4.79 Å². The van der Waals surface area contributed by atoms with E-state index in [1.807, 2.05) is 17.0 Å². The Kier molecular flexibility index (Phi) is 6.56. The Morgan fingerprint density at radius 2 is 1.88 bits per heavy atom. The Morgan fingerprint density at radius 3 is 2.54 bits per heavy atom. The number of nitrogens with zero attached hydrogens (tertiary/aromatic N) is 4. The van der Waals surface area contributed by atoms with Crippen molar-refractivity contribution in [2.45, 2.75) is 19.1 Å². The number of halogens is 1. The number of rotatable bonds is 6. The van der Waals surface area contributed by atoms with Crippen molar-refractivity contribution < 1.29 is 9.21 Å². The first kappa shape index (κ1) is 19.2. The molecule has 0 radical (unpaired) electrons. The first-order chi connectivity index (χ1) is 12.5. The average molecular weight is 395 g/mol. The van der Waals surface area contributed by atoms with Crippen molar-refractivity contribution in [2.24, 2.45) is 5.92 Å². The molecule has 26 heavy (non-hydrogen) atoms. The van der Waals surface area contributed by atoms with E-state index in [9.17, 15) is 4.79 Å². The summed E-state index contributed by atoms with van der Waals surface area (Å²) in [7, 11) is 0. The van der Waals surface area contributed by atoms with Crippen LogP contribution in [0.5, 0.6) is 0 Å². The summed E-state index contributed by atoms with van der Waals surface area (Å²) >= 11 is 7.16. The highest BCUT2D eigenvalue weighted by Crippen LogP contribution is 2.24. The minimum absolute atomic E-state index is 0.116. The maximum absolute atomic E-state index is 12.4. The summed E-state index contributed by atoms with van der Waals surface area (Å²) in [4.78, 5) is 16.7. The lowest BCUT2D eigenvalue weighted by Gasteiger charge is -2.35. The summed E-state index contributed by atoms with van der Waals surface area (Å²) in [6.45, 7) is 8.98. The number of piperazine rings is 1. The molecule has 1 amide bonds. The fourth-order valence-electron chi connectivity index (χ4n) is 2.89. The molecule has 0 spiro atoms. The summed E-state index contributed by atoms with van der Waals surface area (Å²) in [5.74, 6) is 1.51. The smallest absolute Gasteiger partial charge is 0.277 e. The van der Waals surface area contributed by atoms with Gasteiger partial charge in [-0.1, -0.05) is 37.2 Å². The highest BCUT2D eigenvalue weighted by molar-refractivity contribution is 7.99. The average Bonchev–Trinajstić information content (AvgIpc) is 3.09. The molecule has 0 atom stereocenters. The lowest BCUT2D eigenvalue weighted by Crippen LogP contribution is -2.49. The Bertz CT molecular complexity index is 727. The molecule has 3 rings (SSSR count). The van der Waals surface area contributed by atoms with Gasteiger partial charge < -0.3 is 9.32 Å². The normalized spacial score (nSPS) is 15.6. The number of benzene rings is 1. The lowest BCUT2D eigenvalue weighted by molar-refractivity contribution is -0.130. The number of carbonyl (C=O) groups is 1. The molecule has 2 heterocycles. The number of hydrogen-bond donors (Lipinski definition) is 0. The van der Waals surface area contributed by atoms with Crippen LogP contribution in [0.2, 0.25) is 5.02 Å². The van der Waals surface area contributed by atoms with E-state index in [0.29, 0.717) is 27.8 Å². The predicted molar refractivity (Wildman–Crippen MR) is 103 cm³/mol. The maximum atomic E-state index is 12.4. The molecule has 0 bridgehead atoms. The molecular formula is C18H23ClN4O2S. The van der Waals surface area contributed by atoms with Gasteiger partial charge >= 0.3 is 0 Å². The molecule has 0 unspecified atom stereocenters. The molecule has 6 nitrogen and oxygen atoms in total. The van der Waals surface area contributed by atoms with Gasteiger partial charge in [0.2, 0.25) is 11.8 Å². The fraction of sp³-hybridized carbons (Fsp3) is 0.500. The van der Waals surface area contributed by atoms with Gasteiger partial charge in [0.05, 0.1) is 5.75 Å². The Morgan fingerprint density at radius 1 is 1.19 bits per heavy atom. The zero-order chi connectivity index (χ0) is 18.5. The van der Waals surface area contributed by atoms with Crippen molar-refractivity contribution in [3.63, 3.8) is 0 Å². The van der Waals surface area contributed by atoms with E-state index in [0.717, 1.165) is 38.3 Å². The van der Waals surface area contributed by atoms with Gasteiger partial charge in [-0.3, -0.25) is 9.69 Å². The van der Waals surface area contributed by atoms with Crippen molar-refractivity contribution in [1.29, 1.82) is 0 Å². The molecule has 0 saturated carbocycles. The lowest BCUT2D eigenvalue weighted by atomic mass is 10.2. The van der Waals surface area contributed by atoms with Gasteiger partial charge in [0.25, 0.3) is 5.22 Å². The zero-order valence-electron chi connectivity index (χ0n) is 15.0. The Labute approximate surface area is 162 Å². The van der Waals surface area contributed by atoms with E-state index in [2.05, 4.69) is 28.9 Å². The molecule has 8 heteroatoms. The van der Waals surface area contributed by atoms with Gasteiger partial charge in [-0.2, -0.15) is 0 Å². The molecule has 1 aromatic heterocycles. The Hall–Kier alpha value is -1.57. The molecule has 0 aliphatic carbocycles. The van der Waals surface area contributed by atoms with E-state index < -0.39 is 0 Å². The van der Waals surface area contributed by atoms with E-state index in [-0.39, 0.29) is 5.91 Å². The van der Waals surface area contributed by atoms with Crippen LogP contribution in [-0.4, -0.2) is 64.4 Å². The van der Waals surface area contributed by atoms with E-state index in [1.54, 1.807) is 12.1 Å². The van der Waals surface area contributed by atoms with Crippen molar-refractivity contribution in [3.8, 4) is 11.5 Å². The maximum Gasteiger partial charge on any atom is 0.277 e. The van der Waals surface area contributed by atoms with Gasteiger partial charge in [0, 0.05) is 43.3 Å². The number of amides is 1. The van der Waals surface area contributed by atoms with Crippen LogP contribution in [0.3, 0.4) is 0 Å². The van der Waals surface area contributed by atoms with Crippen molar-refractivity contribution >= 4 is 29.3 Å². The summed E-state index contributed by atoms with van der Waals surface area (Å²) in [5, 5.41) is 9.10. The van der Waals surface area contributed by atoms with Gasteiger partial charge in [0.1, 0.15) is 0 Å². The zero-order valence-corrected chi connectivity index (χ0v) is 16.6. The number of aromatic nitrogens is 2. The highest BCUT2D eigenvalue weighted by Gasteiger charge is 2.22. The van der Waals surface area contributed by atoms with Gasteiger partial charge in [-0.25, -0.2) is 0 Å². The molecular weight excluding hydrogens is 372 g/mol. The molecule has 140 valence electrons. The first-order valence-corrected chi connectivity index (χ1v) is 10.1. The summed E-state index contributed by atoms with van der Waals surface area (Å²) in [6.07, 6.45) is 0. The Balaban J connectivity index is 1.47. The third kappa shape index (κ3) is 5.22. The van der Waals surface area contributed by atoms with Crippen LogP contribution >= 0.6 is 23.4 Å². The molecule has 1 fully saturated rings. The SMILES string of the molecule is CC(C)CN1CCN(C(=O)CSc2nnc(-c3ccc(Cl)cc3)o2)CC1. The second-order valence-electron chi connectivity index (χ2n) is 6.74. The number of hydrogen-bond acceptors (Lipinski definition) is 6. The van der Waals surface area contributed by atoms with Gasteiger partial charge in [-0.05, 0) is 30.2 Å². The molecule has 1 saturated heterocycles. The summed E-state index contributed by atoms with van der Waals surface area (Å²) in [5.41, 5.74) is 0.807. The summed E-state index contributed by atoms with van der Waals surface area (Å²) in [6, 6.07) is 7.20. The number of carbonyl (C=O) groups excluding carboxylic acids is 1. The van der Waals surface area contributed by atoms with Crippen LogP contribution < -0.4 is 0 Å².